The minimum Gasteiger partial charge on any atom is -0.285 e. The molecule has 0 saturated carbocycles. The van der Waals surface area contributed by atoms with Crippen molar-refractivity contribution in [3.63, 3.8) is 0 Å². The van der Waals surface area contributed by atoms with Crippen molar-refractivity contribution < 1.29 is 0 Å². The summed E-state index contributed by atoms with van der Waals surface area (Å²) in [6, 6.07) is 16.2. The molecule has 1 heterocycles. The van der Waals surface area contributed by atoms with Crippen molar-refractivity contribution in [2.24, 2.45) is 0 Å². The number of hydrogen-bond acceptors (Lipinski definition) is 1. The summed E-state index contributed by atoms with van der Waals surface area (Å²) < 4.78 is 0. The third kappa shape index (κ3) is 3.65. The molecule has 3 heteroatoms. The Labute approximate surface area is 141 Å². The highest BCUT2D eigenvalue weighted by Crippen LogP contribution is 2.28. The molecule has 0 aliphatic carbocycles. The van der Waals surface area contributed by atoms with Crippen LogP contribution in [0.4, 0.5) is 0 Å². The van der Waals surface area contributed by atoms with E-state index in [9.17, 15) is 0 Å². The Kier molecular flexibility index (Phi) is 5.05. The van der Waals surface area contributed by atoms with Crippen LogP contribution in [0, 0.1) is 11.8 Å². The van der Waals surface area contributed by atoms with Crippen LogP contribution in [-0.2, 0) is 6.54 Å². The summed E-state index contributed by atoms with van der Waals surface area (Å²) in [7, 11) is 0. The summed E-state index contributed by atoms with van der Waals surface area (Å²) in [6.07, 6.45) is 2.28. The number of likely N-dealkylation sites (tertiary alicyclic amines) is 1. The quantitative estimate of drug-likeness (QED) is 0.700. The van der Waals surface area contributed by atoms with Gasteiger partial charge in [0.2, 0.25) is 0 Å². The minimum absolute atomic E-state index is 0.287. The first kappa shape index (κ1) is 15.4. The van der Waals surface area contributed by atoms with E-state index >= 15 is 0 Å². The summed E-state index contributed by atoms with van der Waals surface area (Å²) in [5, 5.41) is 1.27. The fraction of sp³-hybridized carbons (Fsp3) is 0.263. The molecule has 1 fully saturated rings. The summed E-state index contributed by atoms with van der Waals surface area (Å²) in [4.78, 5) is 2.38. The first-order valence-corrected chi connectivity index (χ1v) is 8.23. The van der Waals surface area contributed by atoms with Crippen molar-refractivity contribution in [2.75, 3.05) is 6.54 Å². The molecule has 1 aliphatic heterocycles. The molecule has 1 unspecified atom stereocenters. The predicted octanol–water partition coefficient (Wildman–Crippen LogP) is 5.01. The lowest BCUT2D eigenvalue weighted by atomic mass is 10.1. The van der Waals surface area contributed by atoms with Crippen LogP contribution in [0.25, 0.3) is 0 Å². The fourth-order valence-electron chi connectivity index (χ4n) is 2.76. The molecule has 1 aliphatic rings. The molecule has 0 amide bonds. The van der Waals surface area contributed by atoms with E-state index in [0.29, 0.717) is 10.0 Å². The van der Waals surface area contributed by atoms with Gasteiger partial charge in [-0.1, -0.05) is 65.4 Å². The smallest absolute Gasteiger partial charge is 0.0721 e. The van der Waals surface area contributed by atoms with Crippen LogP contribution in [0.15, 0.2) is 48.5 Å². The Morgan fingerprint density at radius 3 is 2.68 bits per heavy atom. The highest BCUT2D eigenvalue weighted by Gasteiger charge is 2.23. The lowest BCUT2D eigenvalue weighted by Gasteiger charge is -2.21. The molecular weight excluding hydrogens is 313 g/mol. The first-order chi connectivity index (χ1) is 10.7. The Bertz CT molecular complexity index is 700. The lowest BCUT2D eigenvalue weighted by Crippen LogP contribution is -2.27. The molecule has 1 nitrogen and oxygen atoms in total. The van der Waals surface area contributed by atoms with E-state index in [-0.39, 0.29) is 6.04 Å². The monoisotopic (exact) mass is 329 g/mol. The number of hydrogen-bond donors (Lipinski definition) is 0. The molecule has 22 heavy (non-hydrogen) atoms. The Balaban J connectivity index is 1.74. The molecule has 2 aromatic carbocycles. The normalized spacial score (nSPS) is 18.0. The largest absolute Gasteiger partial charge is 0.285 e. The van der Waals surface area contributed by atoms with Gasteiger partial charge in [-0.2, -0.15) is 0 Å². The average Bonchev–Trinajstić information content (AvgIpc) is 2.98. The van der Waals surface area contributed by atoms with Gasteiger partial charge in [0.05, 0.1) is 16.1 Å². The SMILES string of the molecule is Clc1cccc(CN2CCCC2C#Cc2ccccc2)c1Cl. The highest BCUT2D eigenvalue weighted by molar-refractivity contribution is 6.42. The topological polar surface area (TPSA) is 3.24 Å². The maximum Gasteiger partial charge on any atom is 0.0721 e. The van der Waals surface area contributed by atoms with E-state index in [2.05, 4.69) is 16.7 Å². The van der Waals surface area contributed by atoms with Crippen molar-refractivity contribution in [1.82, 2.24) is 4.90 Å². The van der Waals surface area contributed by atoms with Gasteiger partial charge in [0.1, 0.15) is 0 Å². The van der Waals surface area contributed by atoms with Gasteiger partial charge in [0.25, 0.3) is 0 Å². The van der Waals surface area contributed by atoms with Gasteiger partial charge in [-0.15, -0.1) is 0 Å². The standard InChI is InChI=1S/C19H17Cl2N/c20-18-10-4-8-16(19(18)21)14-22-13-5-9-17(22)12-11-15-6-2-1-3-7-15/h1-4,6-8,10,17H,5,9,13-14H2. The molecule has 0 radical (unpaired) electrons. The van der Waals surface area contributed by atoms with E-state index in [4.69, 9.17) is 23.2 Å². The zero-order valence-electron chi connectivity index (χ0n) is 12.2. The third-order valence-corrected chi connectivity index (χ3v) is 4.78. The van der Waals surface area contributed by atoms with Gasteiger partial charge in [-0.3, -0.25) is 4.90 Å². The van der Waals surface area contributed by atoms with Gasteiger partial charge in [0.15, 0.2) is 0 Å². The van der Waals surface area contributed by atoms with Crippen molar-refractivity contribution in [3.8, 4) is 11.8 Å². The van der Waals surface area contributed by atoms with Crippen LogP contribution < -0.4 is 0 Å². The molecule has 1 atom stereocenters. The second-order valence-corrected chi connectivity index (χ2v) is 6.26. The molecule has 0 bridgehead atoms. The number of halogens is 2. The summed E-state index contributed by atoms with van der Waals surface area (Å²) >= 11 is 12.4. The highest BCUT2D eigenvalue weighted by atomic mass is 35.5. The fourth-order valence-corrected chi connectivity index (χ4v) is 3.14. The van der Waals surface area contributed by atoms with Gasteiger partial charge in [-0.05, 0) is 43.1 Å². The molecule has 3 rings (SSSR count). The van der Waals surface area contributed by atoms with E-state index < -0.39 is 0 Å². The van der Waals surface area contributed by atoms with Crippen LogP contribution in [0.5, 0.6) is 0 Å². The number of rotatable bonds is 2. The molecule has 112 valence electrons. The van der Waals surface area contributed by atoms with Gasteiger partial charge < -0.3 is 0 Å². The van der Waals surface area contributed by atoms with Crippen molar-refractivity contribution in [3.05, 3.63) is 69.7 Å². The maximum absolute atomic E-state index is 6.30. The Hall–Kier alpha value is -1.46. The zero-order valence-corrected chi connectivity index (χ0v) is 13.7. The van der Waals surface area contributed by atoms with Crippen LogP contribution >= 0.6 is 23.2 Å². The third-order valence-electron chi connectivity index (χ3n) is 3.93. The number of nitrogens with zero attached hydrogens (tertiary/aromatic N) is 1. The van der Waals surface area contributed by atoms with E-state index in [0.717, 1.165) is 30.6 Å². The lowest BCUT2D eigenvalue weighted by molar-refractivity contribution is 0.288. The molecular formula is C19H17Cl2N. The molecule has 0 spiro atoms. The van der Waals surface area contributed by atoms with Crippen LogP contribution in [0.1, 0.15) is 24.0 Å². The second-order valence-electron chi connectivity index (χ2n) is 5.48. The van der Waals surface area contributed by atoms with E-state index in [1.165, 1.54) is 6.42 Å². The number of benzene rings is 2. The van der Waals surface area contributed by atoms with Gasteiger partial charge >= 0.3 is 0 Å². The van der Waals surface area contributed by atoms with Crippen LogP contribution in [0.2, 0.25) is 10.0 Å². The summed E-state index contributed by atoms with van der Waals surface area (Å²) in [5.74, 6) is 6.68. The molecule has 0 aromatic heterocycles. The van der Waals surface area contributed by atoms with Crippen LogP contribution in [-0.4, -0.2) is 17.5 Å². The average molecular weight is 330 g/mol. The molecule has 1 saturated heterocycles. The van der Waals surface area contributed by atoms with Crippen molar-refractivity contribution in [1.29, 1.82) is 0 Å². The second kappa shape index (κ2) is 7.20. The van der Waals surface area contributed by atoms with Gasteiger partial charge in [-0.25, -0.2) is 0 Å². The van der Waals surface area contributed by atoms with Crippen molar-refractivity contribution in [2.45, 2.75) is 25.4 Å². The van der Waals surface area contributed by atoms with E-state index in [1.54, 1.807) is 0 Å². The van der Waals surface area contributed by atoms with Gasteiger partial charge in [0, 0.05) is 12.1 Å². The first-order valence-electron chi connectivity index (χ1n) is 7.47. The molecule has 2 aromatic rings. The van der Waals surface area contributed by atoms with Crippen molar-refractivity contribution >= 4 is 23.2 Å². The minimum atomic E-state index is 0.287. The Morgan fingerprint density at radius 2 is 1.86 bits per heavy atom. The summed E-state index contributed by atoms with van der Waals surface area (Å²) in [6.45, 7) is 1.85. The molecule has 0 N–H and O–H groups in total. The van der Waals surface area contributed by atoms with E-state index in [1.807, 2.05) is 48.5 Å². The Morgan fingerprint density at radius 1 is 1.05 bits per heavy atom. The predicted molar refractivity (Wildman–Crippen MR) is 93.2 cm³/mol. The zero-order chi connectivity index (χ0) is 15.4. The maximum atomic E-state index is 6.30. The summed E-state index contributed by atoms with van der Waals surface area (Å²) in [5.41, 5.74) is 2.14. The van der Waals surface area contributed by atoms with Crippen LogP contribution in [0.3, 0.4) is 0 Å².